The average molecular weight is 397 g/mol. The Hall–Kier alpha value is -0.340. The van der Waals surface area contributed by atoms with Gasteiger partial charge in [0, 0.05) is 30.5 Å². The Morgan fingerprint density at radius 1 is 1.37 bits per heavy atom. The van der Waals surface area contributed by atoms with Gasteiger partial charge in [0.2, 0.25) is 0 Å². The predicted octanol–water partition coefficient (Wildman–Crippen LogP) is 2.76. The third-order valence-corrected chi connectivity index (χ3v) is 3.68. The summed E-state index contributed by atoms with van der Waals surface area (Å²) >= 11 is 1.80. The van der Waals surface area contributed by atoms with E-state index in [0.29, 0.717) is 6.54 Å². The van der Waals surface area contributed by atoms with Crippen molar-refractivity contribution in [1.29, 1.82) is 0 Å². The zero-order valence-corrected chi connectivity index (χ0v) is 15.4. The summed E-state index contributed by atoms with van der Waals surface area (Å²) in [6, 6.07) is 4.27. The minimum atomic E-state index is -0.197. The molecule has 1 heterocycles. The molecular weight excluding hydrogens is 373 g/mol. The van der Waals surface area contributed by atoms with Crippen LogP contribution in [-0.2, 0) is 11.3 Å². The number of hydrogen-bond donors (Lipinski definition) is 2. The van der Waals surface area contributed by atoms with Crippen LogP contribution >= 0.6 is 35.3 Å². The number of guanidine groups is 1. The molecule has 110 valence electrons. The maximum Gasteiger partial charge on any atom is 0.191 e. The lowest BCUT2D eigenvalue weighted by Crippen LogP contribution is -2.44. The molecule has 0 unspecified atom stereocenters. The molecule has 0 aliphatic carbocycles. The van der Waals surface area contributed by atoms with Crippen molar-refractivity contribution in [3.05, 3.63) is 21.9 Å². The van der Waals surface area contributed by atoms with Gasteiger partial charge >= 0.3 is 0 Å². The highest BCUT2D eigenvalue weighted by molar-refractivity contribution is 14.0. The molecule has 0 aromatic carbocycles. The quantitative estimate of drug-likeness (QED) is 0.456. The highest BCUT2D eigenvalue weighted by Gasteiger charge is 2.16. The van der Waals surface area contributed by atoms with Crippen LogP contribution in [0.25, 0.3) is 0 Å². The van der Waals surface area contributed by atoms with Gasteiger partial charge in [0.25, 0.3) is 0 Å². The second-order valence-corrected chi connectivity index (χ2v) is 6.13. The normalized spacial score (nSPS) is 11.9. The lowest BCUT2D eigenvalue weighted by atomic mass is 10.1. The number of aliphatic imine (C=N–C) groups is 1. The van der Waals surface area contributed by atoms with Gasteiger partial charge in [-0.15, -0.1) is 35.3 Å². The first kappa shape index (κ1) is 18.7. The molecule has 1 aromatic rings. The summed E-state index contributed by atoms with van der Waals surface area (Å²) in [5, 5.41) is 6.55. The molecule has 0 bridgehead atoms. The van der Waals surface area contributed by atoms with E-state index in [0.717, 1.165) is 12.5 Å². The number of hydrogen-bond acceptors (Lipinski definition) is 3. The third kappa shape index (κ3) is 7.12. The van der Waals surface area contributed by atoms with E-state index in [1.165, 1.54) is 9.75 Å². The number of aryl methyl sites for hydroxylation is 1. The molecule has 0 atom stereocenters. The van der Waals surface area contributed by atoms with Crippen molar-refractivity contribution in [2.45, 2.75) is 32.9 Å². The van der Waals surface area contributed by atoms with E-state index in [2.05, 4.69) is 34.7 Å². The number of halogens is 1. The summed E-state index contributed by atoms with van der Waals surface area (Å²) in [4.78, 5) is 6.83. The Kier molecular flexibility index (Phi) is 8.60. The number of methoxy groups -OCH3 is 1. The molecule has 6 heteroatoms. The Bertz CT molecular complexity index is 404. The summed E-state index contributed by atoms with van der Waals surface area (Å²) < 4.78 is 5.36. The largest absolute Gasteiger partial charge is 0.377 e. The van der Waals surface area contributed by atoms with Crippen molar-refractivity contribution in [2.24, 2.45) is 4.99 Å². The topological polar surface area (TPSA) is 45.7 Å². The van der Waals surface area contributed by atoms with Crippen LogP contribution in [0.5, 0.6) is 0 Å². The maximum absolute atomic E-state index is 5.36. The Balaban J connectivity index is 0.00000324. The number of rotatable bonds is 5. The van der Waals surface area contributed by atoms with Crippen molar-refractivity contribution >= 4 is 41.3 Å². The van der Waals surface area contributed by atoms with E-state index in [1.54, 1.807) is 25.5 Å². The molecule has 1 rings (SSSR count). The fraction of sp³-hybridized carbons (Fsp3) is 0.615. The molecule has 0 saturated heterocycles. The summed E-state index contributed by atoms with van der Waals surface area (Å²) in [7, 11) is 3.49. The Morgan fingerprint density at radius 3 is 2.53 bits per heavy atom. The first-order valence-electron chi connectivity index (χ1n) is 6.02. The molecule has 2 N–H and O–H groups in total. The lowest BCUT2D eigenvalue weighted by molar-refractivity contribution is 0.0268. The number of nitrogens with one attached hydrogen (secondary N) is 2. The highest BCUT2D eigenvalue weighted by atomic mass is 127. The van der Waals surface area contributed by atoms with Crippen LogP contribution in [0, 0.1) is 6.92 Å². The molecule has 0 aliphatic rings. The summed E-state index contributed by atoms with van der Waals surface area (Å²) in [6.45, 7) is 7.70. The van der Waals surface area contributed by atoms with Crippen molar-refractivity contribution in [1.82, 2.24) is 10.6 Å². The molecule has 0 radical (unpaired) electrons. The fourth-order valence-corrected chi connectivity index (χ4v) is 2.17. The van der Waals surface area contributed by atoms with Crippen LogP contribution in [0.2, 0.25) is 0 Å². The average Bonchev–Trinajstić information content (AvgIpc) is 2.75. The van der Waals surface area contributed by atoms with Gasteiger partial charge < -0.3 is 15.4 Å². The smallest absolute Gasteiger partial charge is 0.191 e. The number of thiophene rings is 1. The van der Waals surface area contributed by atoms with Crippen LogP contribution in [0.1, 0.15) is 23.6 Å². The summed E-state index contributed by atoms with van der Waals surface area (Å²) in [6.07, 6.45) is 0. The van der Waals surface area contributed by atoms with Gasteiger partial charge in [0.15, 0.2) is 5.96 Å². The molecule has 4 nitrogen and oxygen atoms in total. The first-order valence-corrected chi connectivity index (χ1v) is 6.83. The van der Waals surface area contributed by atoms with E-state index < -0.39 is 0 Å². The summed E-state index contributed by atoms with van der Waals surface area (Å²) in [5.74, 6) is 0.797. The SMILES string of the molecule is CN=C(NCc1ccc(C)s1)NCC(C)(C)OC.I. The number of nitrogens with zero attached hydrogens (tertiary/aromatic N) is 1. The molecule has 0 amide bonds. The monoisotopic (exact) mass is 397 g/mol. The van der Waals surface area contributed by atoms with E-state index in [-0.39, 0.29) is 29.6 Å². The van der Waals surface area contributed by atoms with Gasteiger partial charge in [-0.2, -0.15) is 0 Å². The first-order chi connectivity index (χ1) is 8.46. The minimum Gasteiger partial charge on any atom is -0.377 e. The molecule has 1 aromatic heterocycles. The van der Waals surface area contributed by atoms with Crippen LogP contribution < -0.4 is 10.6 Å². The van der Waals surface area contributed by atoms with Gasteiger partial charge in [-0.05, 0) is 32.9 Å². The maximum atomic E-state index is 5.36. The van der Waals surface area contributed by atoms with Crippen molar-refractivity contribution in [3.63, 3.8) is 0 Å². The standard InChI is InChI=1S/C13H23N3OS.HI/c1-10-6-7-11(18-10)8-15-12(14-4)16-9-13(2,3)17-5;/h6-7H,8-9H2,1-5H3,(H2,14,15,16);1H. The third-order valence-electron chi connectivity index (χ3n) is 2.68. The van der Waals surface area contributed by atoms with Gasteiger partial charge in [-0.25, -0.2) is 0 Å². The van der Waals surface area contributed by atoms with Gasteiger partial charge in [-0.3, -0.25) is 4.99 Å². The molecule has 19 heavy (non-hydrogen) atoms. The van der Waals surface area contributed by atoms with E-state index in [1.807, 2.05) is 13.8 Å². The van der Waals surface area contributed by atoms with Crippen LogP contribution in [0.3, 0.4) is 0 Å². The van der Waals surface area contributed by atoms with E-state index in [9.17, 15) is 0 Å². The predicted molar refractivity (Wildman–Crippen MR) is 93.8 cm³/mol. The van der Waals surface area contributed by atoms with Gasteiger partial charge in [-0.1, -0.05) is 0 Å². The van der Waals surface area contributed by atoms with Crippen molar-refractivity contribution in [3.8, 4) is 0 Å². The van der Waals surface area contributed by atoms with Crippen LogP contribution in [0.4, 0.5) is 0 Å². The van der Waals surface area contributed by atoms with Crippen molar-refractivity contribution in [2.75, 3.05) is 20.7 Å². The van der Waals surface area contributed by atoms with Crippen LogP contribution in [0.15, 0.2) is 17.1 Å². The molecule has 0 spiro atoms. The molecule has 0 fully saturated rings. The molecule has 0 saturated carbocycles. The summed E-state index contributed by atoms with van der Waals surface area (Å²) in [5.41, 5.74) is -0.197. The van der Waals surface area contributed by atoms with E-state index in [4.69, 9.17) is 4.74 Å². The zero-order chi connectivity index (χ0) is 13.6. The van der Waals surface area contributed by atoms with Crippen molar-refractivity contribution < 1.29 is 4.74 Å². The second kappa shape index (κ2) is 8.76. The Labute approximate surface area is 137 Å². The zero-order valence-electron chi connectivity index (χ0n) is 12.2. The Morgan fingerprint density at radius 2 is 2.05 bits per heavy atom. The fourth-order valence-electron chi connectivity index (χ4n) is 1.34. The van der Waals surface area contributed by atoms with Gasteiger partial charge in [0.05, 0.1) is 12.1 Å². The highest BCUT2D eigenvalue weighted by Crippen LogP contribution is 2.14. The minimum absolute atomic E-state index is 0. The lowest BCUT2D eigenvalue weighted by Gasteiger charge is -2.24. The molecular formula is C13H24IN3OS. The van der Waals surface area contributed by atoms with E-state index >= 15 is 0 Å². The van der Waals surface area contributed by atoms with Gasteiger partial charge in [0.1, 0.15) is 0 Å². The number of ether oxygens (including phenoxy) is 1. The second-order valence-electron chi connectivity index (χ2n) is 4.76. The molecule has 0 aliphatic heterocycles. The van der Waals surface area contributed by atoms with Crippen LogP contribution in [-0.4, -0.2) is 32.3 Å².